The van der Waals surface area contributed by atoms with Crippen LogP contribution in [0.5, 0.6) is 0 Å². The maximum Gasteiger partial charge on any atom is 0.0492 e. The molecule has 2 heteroatoms. The average molecular weight is 174 g/mol. The predicted molar refractivity (Wildman–Crippen MR) is 52.9 cm³/mol. The Hall–Kier alpha value is -1.18. The molecule has 1 heterocycles. The van der Waals surface area contributed by atoms with Gasteiger partial charge in [-0.15, -0.1) is 0 Å². The number of hydrogen-bond acceptors (Lipinski definition) is 1. The molecule has 1 saturated carbocycles. The van der Waals surface area contributed by atoms with Gasteiger partial charge in [0.05, 0.1) is 0 Å². The Kier molecular flexibility index (Phi) is 1.48. The summed E-state index contributed by atoms with van der Waals surface area (Å²) >= 11 is 0. The minimum Gasteiger partial charge on any atom is -0.323 e. The van der Waals surface area contributed by atoms with E-state index in [1.807, 2.05) is 12.1 Å². The molecule has 1 N–H and O–H groups in total. The molecule has 1 fully saturated rings. The zero-order chi connectivity index (χ0) is 8.67. The van der Waals surface area contributed by atoms with Crippen LogP contribution in [0.15, 0.2) is 36.7 Å². The third-order valence-corrected chi connectivity index (χ3v) is 3.28. The van der Waals surface area contributed by atoms with Gasteiger partial charge in [0.15, 0.2) is 0 Å². The highest BCUT2D eigenvalue weighted by molar-refractivity contribution is 5.16. The van der Waals surface area contributed by atoms with Gasteiger partial charge in [0.25, 0.3) is 0 Å². The first kappa shape index (κ1) is 7.25. The van der Waals surface area contributed by atoms with Crippen LogP contribution in [0.4, 0.5) is 0 Å². The number of allylic oxidation sites excluding steroid dienone is 1. The van der Waals surface area contributed by atoms with Crippen LogP contribution < -0.4 is 5.43 Å². The minimum absolute atomic E-state index is 0.663. The molecule has 0 aromatic carbocycles. The maximum atomic E-state index is 3.50. The molecule has 2 aliphatic carbocycles. The van der Waals surface area contributed by atoms with E-state index in [4.69, 9.17) is 0 Å². The van der Waals surface area contributed by atoms with Crippen molar-refractivity contribution in [2.45, 2.75) is 18.9 Å². The molecule has 2 nitrogen and oxygen atoms in total. The molecule has 0 radical (unpaired) electrons. The topological polar surface area (TPSA) is 17.0 Å². The van der Waals surface area contributed by atoms with E-state index in [9.17, 15) is 0 Å². The number of nitrogens with zero attached hydrogens (tertiary/aromatic N) is 1. The molecule has 1 aromatic heterocycles. The van der Waals surface area contributed by atoms with Crippen molar-refractivity contribution in [3.8, 4) is 0 Å². The zero-order valence-electron chi connectivity index (χ0n) is 7.56. The second kappa shape index (κ2) is 2.66. The van der Waals surface area contributed by atoms with Crippen LogP contribution in [-0.2, 0) is 0 Å². The molecule has 13 heavy (non-hydrogen) atoms. The summed E-state index contributed by atoms with van der Waals surface area (Å²) in [6.45, 7) is 0. The van der Waals surface area contributed by atoms with Crippen LogP contribution in [-0.4, -0.2) is 10.7 Å². The fourth-order valence-electron chi connectivity index (χ4n) is 2.48. The Morgan fingerprint density at radius 1 is 1.23 bits per heavy atom. The predicted octanol–water partition coefficient (Wildman–Crippen LogP) is 2.00. The summed E-state index contributed by atoms with van der Waals surface area (Å²) in [4.78, 5) is 0. The van der Waals surface area contributed by atoms with Gasteiger partial charge in [-0.1, -0.05) is 12.2 Å². The molecule has 0 bridgehead atoms. The molecule has 68 valence electrons. The SMILES string of the molecule is C1=CC2C(C1)CC2Nn1cccc1. The van der Waals surface area contributed by atoms with Crippen molar-refractivity contribution in [2.75, 3.05) is 5.43 Å². The normalized spacial score (nSPS) is 35.5. The number of aromatic nitrogens is 1. The number of nitrogens with one attached hydrogen (secondary N) is 1. The molecular formula is C11H14N2. The first-order valence-electron chi connectivity index (χ1n) is 5.00. The summed E-state index contributed by atoms with van der Waals surface area (Å²) in [5, 5.41) is 0. The van der Waals surface area contributed by atoms with Crippen molar-refractivity contribution in [1.82, 2.24) is 4.68 Å². The fraction of sp³-hybridized carbons (Fsp3) is 0.455. The molecule has 3 atom stereocenters. The third-order valence-electron chi connectivity index (χ3n) is 3.28. The maximum absolute atomic E-state index is 3.50. The molecular weight excluding hydrogens is 160 g/mol. The smallest absolute Gasteiger partial charge is 0.0492 e. The monoisotopic (exact) mass is 174 g/mol. The van der Waals surface area contributed by atoms with Gasteiger partial charge in [0.2, 0.25) is 0 Å². The minimum atomic E-state index is 0.663. The summed E-state index contributed by atoms with van der Waals surface area (Å²) in [7, 11) is 0. The standard InChI is InChI=1S/C11H14N2/c1-2-7-13(6-1)12-11-8-9-4-3-5-10(9)11/h1-3,5-7,9-12H,4,8H2. The van der Waals surface area contributed by atoms with E-state index in [-0.39, 0.29) is 0 Å². The summed E-state index contributed by atoms with van der Waals surface area (Å²) in [5.41, 5.74) is 3.50. The fourth-order valence-corrected chi connectivity index (χ4v) is 2.48. The summed E-state index contributed by atoms with van der Waals surface area (Å²) in [5.74, 6) is 1.73. The number of fused-ring (bicyclic) bond motifs is 1. The van der Waals surface area contributed by atoms with Crippen LogP contribution >= 0.6 is 0 Å². The van der Waals surface area contributed by atoms with Gasteiger partial charge in [0, 0.05) is 24.4 Å². The van der Waals surface area contributed by atoms with E-state index in [0.29, 0.717) is 6.04 Å². The summed E-state index contributed by atoms with van der Waals surface area (Å²) < 4.78 is 2.06. The summed E-state index contributed by atoms with van der Waals surface area (Å²) in [6, 6.07) is 4.76. The molecule has 1 aromatic rings. The molecule has 2 aliphatic rings. The second-order valence-corrected chi connectivity index (χ2v) is 4.06. The van der Waals surface area contributed by atoms with Gasteiger partial charge in [-0.05, 0) is 30.9 Å². The van der Waals surface area contributed by atoms with Gasteiger partial charge in [-0.3, -0.25) is 4.68 Å². The van der Waals surface area contributed by atoms with E-state index >= 15 is 0 Å². The quantitative estimate of drug-likeness (QED) is 0.678. The molecule has 0 aliphatic heterocycles. The van der Waals surface area contributed by atoms with Crippen molar-refractivity contribution in [2.24, 2.45) is 11.8 Å². The highest BCUT2D eigenvalue weighted by Crippen LogP contribution is 2.42. The van der Waals surface area contributed by atoms with Crippen molar-refractivity contribution in [3.63, 3.8) is 0 Å². The first-order valence-corrected chi connectivity index (χ1v) is 5.00. The average Bonchev–Trinajstić information content (AvgIpc) is 2.69. The Balaban J connectivity index is 1.66. The van der Waals surface area contributed by atoms with Crippen LogP contribution in [0.2, 0.25) is 0 Å². The van der Waals surface area contributed by atoms with Gasteiger partial charge >= 0.3 is 0 Å². The Bertz CT molecular complexity index is 313. The third kappa shape index (κ3) is 1.09. The van der Waals surface area contributed by atoms with E-state index in [0.717, 1.165) is 11.8 Å². The van der Waals surface area contributed by atoms with Crippen molar-refractivity contribution < 1.29 is 0 Å². The lowest BCUT2D eigenvalue weighted by molar-refractivity contribution is 0.205. The lowest BCUT2D eigenvalue weighted by atomic mass is 9.72. The van der Waals surface area contributed by atoms with Gasteiger partial charge in [0.1, 0.15) is 0 Å². The molecule has 0 saturated heterocycles. The molecule has 3 rings (SSSR count). The van der Waals surface area contributed by atoms with Crippen LogP contribution in [0, 0.1) is 11.8 Å². The molecule has 3 unspecified atom stereocenters. The highest BCUT2D eigenvalue weighted by atomic mass is 15.4. The van der Waals surface area contributed by atoms with E-state index < -0.39 is 0 Å². The number of rotatable bonds is 2. The largest absolute Gasteiger partial charge is 0.323 e. The van der Waals surface area contributed by atoms with Gasteiger partial charge in [-0.25, -0.2) is 0 Å². The molecule has 0 spiro atoms. The van der Waals surface area contributed by atoms with Crippen molar-refractivity contribution >= 4 is 0 Å². The highest BCUT2D eigenvalue weighted by Gasteiger charge is 2.40. The van der Waals surface area contributed by atoms with E-state index in [1.165, 1.54) is 12.8 Å². The lowest BCUT2D eigenvalue weighted by Crippen LogP contribution is -2.46. The lowest BCUT2D eigenvalue weighted by Gasteiger charge is -2.41. The van der Waals surface area contributed by atoms with Crippen LogP contribution in [0.25, 0.3) is 0 Å². The Morgan fingerprint density at radius 2 is 2.08 bits per heavy atom. The Labute approximate surface area is 78.2 Å². The zero-order valence-corrected chi connectivity index (χ0v) is 7.56. The Morgan fingerprint density at radius 3 is 2.85 bits per heavy atom. The molecule has 0 amide bonds. The first-order chi connectivity index (χ1) is 6.43. The number of hydrogen-bond donors (Lipinski definition) is 1. The second-order valence-electron chi connectivity index (χ2n) is 4.06. The van der Waals surface area contributed by atoms with Crippen molar-refractivity contribution in [3.05, 3.63) is 36.7 Å². The summed E-state index contributed by atoms with van der Waals surface area (Å²) in [6.07, 6.45) is 11.4. The van der Waals surface area contributed by atoms with Gasteiger partial charge < -0.3 is 5.43 Å². The van der Waals surface area contributed by atoms with Crippen LogP contribution in [0.1, 0.15) is 12.8 Å². The van der Waals surface area contributed by atoms with Crippen molar-refractivity contribution in [1.29, 1.82) is 0 Å². The van der Waals surface area contributed by atoms with E-state index in [2.05, 4.69) is 34.6 Å². The van der Waals surface area contributed by atoms with Gasteiger partial charge in [-0.2, -0.15) is 0 Å². The van der Waals surface area contributed by atoms with E-state index in [1.54, 1.807) is 0 Å². The van der Waals surface area contributed by atoms with Crippen LogP contribution in [0.3, 0.4) is 0 Å².